The molecule has 0 aliphatic carbocycles. The Kier molecular flexibility index (Phi) is 7.84. The molecular formula is C25H29N3O2S. The molecule has 2 aromatic carbocycles. The molecule has 0 unspecified atom stereocenters. The van der Waals surface area contributed by atoms with E-state index in [9.17, 15) is 4.79 Å². The van der Waals surface area contributed by atoms with Crippen molar-refractivity contribution in [2.45, 2.75) is 20.4 Å². The van der Waals surface area contributed by atoms with Gasteiger partial charge in [-0.3, -0.25) is 4.79 Å². The van der Waals surface area contributed by atoms with E-state index in [2.05, 4.69) is 36.0 Å². The molecule has 0 atom stereocenters. The first kappa shape index (κ1) is 22.6. The summed E-state index contributed by atoms with van der Waals surface area (Å²) in [5.41, 5.74) is 3.73. The molecule has 162 valence electrons. The molecule has 0 saturated carbocycles. The molecular weight excluding hydrogens is 406 g/mol. The van der Waals surface area contributed by atoms with Crippen molar-refractivity contribution < 1.29 is 9.53 Å². The molecule has 0 saturated heterocycles. The van der Waals surface area contributed by atoms with Crippen molar-refractivity contribution in [3.63, 3.8) is 0 Å². The van der Waals surface area contributed by atoms with Crippen LogP contribution in [0.25, 0.3) is 11.3 Å². The van der Waals surface area contributed by atoms with Gasteiger partial charge in [-0.25, -0.2) is 4.98 Å². The van der Waals surface area contributed by atoms with Gasteiger partial charge in [0, 0.05) is 36.1 Å². The highest BCUT2D eigenvalue weighted by atomic mass is 32.1. The Morgan fingerprint density at radius 1 is 1.26 bits per heavy atom. The second kappa shape index (κ2) is 10.8. The van der Waals surface area contributed by atoms with Crippen molar-refractivity contribution in [3.05, 3.63) is 77.7 Å². The van der Waals surface area contributed by atoms with E-state index in [0.717, 1.165) is 27.7 Å². The monoisotopic (exact) mass is 435 g/mol. The molecule has 31 heavy (non-hydrogen) atoms. The highest BCUT2D eigenvalue weighted by Gasteiger charge is 2.13. The fourth-order valence-corrected chi connectivity index (χ4v) is 3.92. The Morgan fingerprint density at radius 2 is 2.03 bits per heavy atom. The van der Waals surface area contributed by atoms with Gasteiger partial charge in [0.15, 0.2) is 5.13 Å². The number of hydrogen-bond donors (Lipinski definition) is 1. The van der Waals surface area contributed by atoms with Crippen LogP contribution >= 0.6 is 11.3 Å². The number of ether oxygens (including phenoxy) is 1. The van der Waals surface area contributed by atoms with Crippen LogP contribution in [0.15, 0.2) is 66.6 Å². The SMILES string of the molecule is C=CCN(Cc1ccc(C(=O)NCC(C)C)cc1)c1nc(-c2cccc(OC)c2)cs1. The van der Waals surface area contributed by atoms with E-state index in [0.29, 0.717) is 31.1 Å². The summed E-state index contributed by atoms with van der Waals surface area (Å²) in [7, 11) is 1.66. The maximum Gasteiger partial charge on any atom is 0.251 e. The Bertz CT molecular complexity index is 1010. The van der Waals surface area contributed by atoms with E-state index >= 15 is 0 Å². The number of nitrogens with zero attached hydrogens (tertiary/aromatic N) is 2. The molecule has 1 amide bonds. The first-order chi connectivity index (χ1) is 15.0. The van der Waals surface area contributed by atoms with Gasteiger partial charge in [-0.2, -0.15) is 0 Å². The van der Waals surface area contributed by atoms with Gasteiger partial charge in [0.2, 0.25) is 0 Å². The lowest BCUT2D eigenvalue weighted by molar-refractivity contribution is 0.0949. The smallest absolute Gasteiger partial charge is 0.251 e. The predicted octanol–water partition coefficient (Wildman–Crippen LogP) is 5.40. The highest BCUT2D eigenvalue weighted by molar-refractivity contribution is 7.14. The number of carbonyl (C=O) groups is 1. The summed E-state index contributed by atoms with van der Waals surface area (Å²) in [5.74, 6) is 1.20. The van der Waals surface area contributed by atoms with Gasteiger partial charge in [0.05, 0.1) is 12.8 Å². The molecule has 0 aliphatic heterocycles. The number of thiazole rings is 1. The van der Waals surface area contributed by atoms with Gasteiger partial charge >= 0.3 is 0 Å². The number of aromatic nitrogens is 1. The fraction of sp³-hybridized carbons (Fsp3) is 0.280. The zero-order chi connectivity index (χ0) is 22.2. The van der Waals surface area contributed by atoms with E-state index in [4.69, 9.17) is 9.72 Å². The fourth-order valence-electron chi connectivity index (χ4n) is 3.07. The lowest BCUT2D eigenvalue weighted by Crippen LogP contribution is -2.27. The Hall–Kier alpha value is -3.12. The second-order valence-corrected chi connectivity index (χ2v) is 8.55. The third kappa shape index (κ3) is 6.18. The molecule has 5 nitrogen and oxygen atoms in total. The van der Waals surface area contributed by atoms with Crippen LogP contribution < -0.4 is 15.0 Å². The molecule has 1 heterocycles. The number of nitrogens with one attached hydrogen (secondary N) is 1. The van der Waals surface area contributed by atoms with Crippen molar-refractivity contribution in [3.8, 4) is 17.0 Å². The maximum absolute atomic E-state index is 12.2. The average Bonchev–Trinajstić information content (AvgIpc) is 3.28. The van der Waals surface area contributed by atoms with Crippen molar-refractivity contribution in [2.75, 3.05) is 25.1 Å². The number of carbonyl (C=O) groups excluding carboxylic acids is 1. The van der Waals surface area contributed by atoms with E-state index < -0.39 is 0 Å². The third-order valence-electron chi connectivity index (χ3n) is 4.74. The molecule has 3 aromatic rings. The second-order valence-electron chi connectivity index (χ2n) is 7.72. The van der Waals surface area contributed by atoms with E-state index in [1.165, 1.54) is 0 Å². The number of hydrogen-bond acceptors (Lipinski definition) is 5. The first-order valence-corrected chi connectivity index (χ1v) is 11.2. The largest absolute Gasteiger partial charge is 0.497 e. The van der Waals surface area contributed by atoms with Gasteiger partial charge < -0.3 is 15.0 Å². The number of anilines is 1. The number of methoxy groups -OCH3 is 1. The average molecular weight is 436 g/mol. The summed E-state index contributed by atoms with van der Waals surface area (Å²) in [6, 6.07) is 15.7. The standard InChI is InChI=1S/C25H29N3O2S/c1-5-13-28(16-19-9-11-20(12-10-19)24(29)26-15-18(2)3)25-27-23(17-31-25)21-7-6-8-22(14-21)30-4/h5-12,14,17-18H,1,13,15-16H2,2-4H3,(H,26,29). The lowest BCUT2D eigenvalue weighted by Gasteiger charge is -2.20. The van der Waals surface area contributed by atoms with Crippen molar-refractivity contribution in [2.24, 2.45) is 5.92 Å². The molecule has 1 aromatic heterocycles. The van der Waals surface area contributed by atoms with Crippen LogP contribution in [0.1, 0.15) is 29.8 Å². The molecule has 0 bridgehead atoms. The summed E-state index contributed by atoms with van der Waals surface area (Å²) >= 11 is 1.60. The van der Waals surface area contributed by atoms with Crippen LogP contribution in [0.3, 0.4) is 0 Å². The quantitative estimate of drug-likeness (QED) is 0.434. The van der Waals surface area contributed by atoms with Crippen LogP contribution in [0.2, 0.25) is 0 Å². The molecule has 3 rings (SSSR count). The van der Waals surface area contributed by atoms with Gasteiger partial charge in [-0.05, 0) is 35.7 Å². The Balaban J connectivity index is 1.72. The molecule has 0 radical (unpaired) electrons. The lowest BCUT2D eigenvalue weighted by atomic mass is 10.1. The van der Waals surface area contributed by atoms with Crippen LogP contribution in [0.5, 0.6) is 5.75 Å². The minimum atomic E-state index is -0.0361. The van der Waals surface area contributed by atoms with Gasteiger partial charge in [-0.15, -0.1) is 17.9 Å². The summed E-state index contributed by atoms with van der Waals surface area (Å²) < 4.78 is 5.32. The number of rotatable bonds is 10. The Labute approximate surface area is 188 Å². The predicted molar refractivity (Wildman–Crippen MR) is 129 cm³/mol. The van der Waals surface area contributed by atoms with Crippen molar-refractivity contribution in [1.82, 2.24) is 10.3 Å². The zero-order valence-electron chi connectivity index (χ0n) is 18.3. The van der Waals surface area contributed by atoms with E-state index in [1.54, 1.807) is 18.4 Å². The zero-order valence-corrected chi connectivity index (χ0v) is 19.1. The van der Waals surface area contributed by atoms with Crippen molar-refractivity contribution in [1.29, 1.82) is 0 Å². The summed E-state index contributed by atoms with van der Waals surface area (Å²) in [4.78, 5) is 19.2. The van der Waals surface area contributed by atoms with Gasteiger partial charge in [0.1, 0.15) is 5.75 Å². The molecule has 1 N–H and O–H groups in total. The number of amides is 1. The highest BCUT2D eigenvalue weighted by Crippen LogP contribution is 2.30. The van der Waals surface area contributed by atoms with Crippen molar-refractivity contribution >= 4 is 22.4 Å². The Morgan fingerprint density at radius 3 is 2.71 bits per heavy atom. The van der Waals surface area contributed by atoms with E-state index in [-0.39, 0.29) is 5.91 Å². The molecule has 6 heteroatoms. The minimum absolute atomic E-state index is 0.0361. The van der Waals surface area contributed by atoms with Crippen LogP contribution in [0, 0.1) is 5.92 Å². The maximum atomic E-state index is 12.2. The molecule has 0 spiro atoms. The summed E-state index contributed by atoms with van der Waals surface area (Å²) in [5, 5.41) is 5.94. The van der Waals surface area contributed by atoms with Gasteiger partial charge in [-0.1, -0.05) is 44.2 Å². The normalized spacial score (nSPS) is 10.7. The van der Waals surface area contributed by atoms with Crippen LogP contribution in [-0.4, -0.2) is 31.1 Å². The van der Waals surface area contributed by atoms with E-state index in [1.807, 2.05) is 54.6 Å². The number of benzene rings is 2. The van der Waals surface area contributed by atoms with Crippen LogP contribution in [-0.2, 0) is 6.54 Å². The van der Waals surface area contributed by atoms with Gasteiger partial charge in [0.25, 0.3) is 5.91 Å². The third-order valence-corrected chi connectivity index (χ3v) is 5.64. The topological polar surface area (TPSA) is 54.5 Å². The minimum Gasteiger partial charge on any atom is -0.497 e. The summed E-state index contributed by atoms with van der Waals surface area (Å²) in [6.45, 7) is 10.1. The molecule has 0 aliphatic rings. The van der Waals surface area contributed by atoms with Crippen LogP contribution in [0.4, 0.5) is 5.13 Å². The first-order valence-electron chi connectivity index (χ1n) is 10.3. The molecule has 0 fully saturated rings. The summed E-state index contributed by atoms with van der Waals surface area (Å²) in [6.07, 6.45) is 1.88.